The second-order valence-electron chi connectivity index (χ2n) is 3.54. The van der Waals surface area contributed by atoms with Crippen molar-refractivity contribution in [2.45, 2.75) is 13.0 Å². The number of ether oxygens (including phenoxy) is 1. The summed E-state index contributed by atoms with van der Waals surface area (Å²) in [6.07, 6.45) is 1.56. The van der Waals surface area contributed by atoms with E-state index in [0.717, 1.165) is 12.0 Å². The number of hydrogen-bond acceptors (Lipinski definition) is 2. The highest BCUT2D eigenvalue weighted by atomic mass is 16.5. The maximum atomic E-state index is 10.8. The molecule has 0 atom stereocenters. The third-order valence-electron chi connectivity index (χ3n) is 2.40. The molecule has 0 aliphatic carbocycles. The highest BCUT2D eigenvalue weighted by molar-refractivity contribution is 5.67. The predicted octanol–water partition coefficient (Wildman–Crippen LogP) is 2.43. The molecule has 2 rings (SSSR count). The molecule has 0 spiro atoms. The lowest BCUT2D eigenvalue weighted by molar-refractivity contribution is 0.0990. The van der Waals surface area contributed by atoms with E-state index in [2.05, 4.69) is 0 Å². The molecular weight excluding hydrogens is 206 g/mol. The van der Waals surface area contributed by atoms with Gasteiger partial charge in [-0.1, -0.05) is 30.3 Å². The van der Waals surface area contributed by atoms with Crippen molar-refractivity contribution in [1.82, 2.24) is 4.90 Å². The van der Waals surface area contributed by atoms with Crippen LogP contribution in [0.5, 0.6) is 0 Å². The van der Waals surface area contributed by atoms with Crippen molar-refractivity contribution >= 4 is 6.09 Å². The van der Waals surface area contributed by atoms with Crippen molar-refractivity contribution in [2.75, 3.05) is 6.54 Å². The van der Waals surface area contributed by atoms with E-state index in [1.807, 2.05) is 30.3 Å². The number of rotatable bonds is 3. The van der Waals surface area contributed by atoms with Gasteiger partial charge in [-0.05, 0) is 18.1 Å². The lowest BCUT2D eigenvalue weighted by atomic mass is 10.2. The van der Waals surface area contributed by atoms with Crippen LogP contribution < -0.4 is 0 Å². The third kappa shape index (κ3) is 2.34. The van der Waals surface area contributed by atoms with Crippen LogP contribution in [0.1, 0.15) is 12.0 Å². The van der Waals surface area contributed by atoms with Crippen molar-refractivity contribution in [2.24, 2.45) is 0 Å². The summed E-state index contributed by atoms with van der Waals surface area (Å²) in [5.41, 5.74) is 1.03. The zero-order valence-electron chi connectivity index (χ0n) is 8.80. The molecule has 1 N–H and O–H groups in total. The van der Waals surface area contributed by atoms with Crippen molar-refractivity contribution < 1.29 is 14.6 Å². The van der Waals surface area contributed by atoms with Crippen LogP contribution in [0.3, 0.4) is 0 Å². The molecule has 16 heavy (non-hydrogen) atoms. The first-order valence-electron chi connectivity index (χ1n) is 5.15. The summed E-state index contributed by atoms with van der Waals surface area (Å²) < 4.78 is 5.47. The average Bonchev–Trinajstić information content (AvgIpc) is 2.76. The number of hydrogen-bond donors (Lipinski definition) is 1. The lowest BCUT2D eigenvalue weighted by Crippen LogP contribution is -2.26. The van der Waals surface area contributed by atoms with E-state index in [1.54, 1.807) is 6.08 Å². The fraction of sp³-hybridized carbons (Fsp3) is 0.250. The zero-order chi connectivity index (χ0) is 11.4. The van der Waals surface area contributed by atoms with Crippen LogP contribution in [0.2, 0.25) is 0 Å². The minimum Gasteiger partial charge on any atom is -0.474 e. The Bertz CT molecular complexity index is 400. The van der Waals surface area contributed by atoms with E-state index in [0.29, 0.717) is 19.0 Å². The number of carbonyl (C=O) groups is 1. The maximum Gasteiger partial charge on any atom is 0.414 e. The standard InChI is InChI=1S/C12H13NO3/c14-12(15)13-8-4-7-11(13)16-9-10-5-2-1-3-6-10/h1-3,5-7H,4,8-9H2,(H,14,15). The summed E-state index contributed by atoms with van der Waals surface area (Å²) in [4.78, 5) is 12.1. The normalized spacial score (nSPS) is 14.8. The van der Waals surface area contributed by atoms with Gasteiger partial charge >= 0.3 is 6.09 Å². The Labute approximate surface area is 93.8 Å². The molecule has 4 heteroatoms. The SMILES string of the molecule is O=C(O)N1CCC=C1OCc1ccccc1. The van der Waals surface area contributed by atoms with Gasteiger partial charge in [0, 0.05) is 6.54 Å². The topological polar surface area (TPSA) is 49.8 Å². The van der Waals surface area contributed by atoms with E-state index in [-0.39, 0.29) is 0 Å². The second-order valence-corrected chi connectivity index (χ2v) is 3.54. The van der Waals surface area contributed by atoms with Gasteiger partial charge in [0.25, 0.3) is 0 Å². The molecule has 0 bridgehead atoms. The van der Waals surface area contributed by atoms with E-state index < -0.39 is 6.09 Å². The molecule has 0 fully saturated rings. The van der Waals surface area contributed by atoms with Gasteiger partial charge in [-0.3, -0.25) is 0 Å². The van der Waals surface area contributed by atoms with Crippen molar-refractivity contribution in [3.05, 3.63) is 47.9 Å². The molecule has 1 aromatic carbocycles. The first kappa shape index (κ1) is 10.5. The monoisotopic (exact) mass is 219 g/mol. The molecule has 0 radical (unpaired) electrons. The summed E-state index contributed by atoms with van der Waals surface area (Å²) in [6.45, 7) is 0.885. The van der Waals surface area contributed by atoms with Crippen LogP contribution in [-0.4, -0.2) is 22.6 Å². The van der Waals surface area contributed by atoms with E-state index >= 15 is 0 Å². The van der Waals surface area contributed by atoms with Gasteiger partial charge in [0.2, 0.25) is 0 Å². The summed E-state index contributed by atoms with van der Waals surface area (Å²) in [7, 11) is 0. The van der Waals surface area contributed by atoms with Crippen molar-refractivity contribution in [3.63, 3.8) is 0 Å². The Kier molecular flexibility index (Phi) is 3.10. The Hall–Kier alpha value is -1.97. The number of amides is 1. The third-order valence-corrected chi connectivity index (χ3v) is 2.40. The lowest BCUT2D eigenvalue weighted by Gasteiger charge is -2.16. The number of nitrogens with zero attached hydrogens (tertiary/aromatic N) is 1. The van der Waals surface area contributed by atoms with Crippen LogP contribution in [0.25, 0.3) is 0 Å². The molecule has 4 nitrogen and oxygen atoms in total. The molecule has 84 valence electrons. The fourth-order valence-electron chi connectivity index (χ4n) is 1.60. The molecule has 1 aromatic rings. The van der Waals surface area contributed by atoms with Gasteiger partial charge in [-0.2, -0.15) is 0 Å². The number of carboxylic acid groups (broad SMARTS) is 1. The van der Waals surface area contributed by atoms with Crippen molar-refractivity contribution in [3.8, 4) is 0 Å². The minimum absolute atomic E-state index is 0.399. The van der Waals surface area contributed by atoms with E-state index in [1.165, 1.54) is 4.90 Å². The largest absolute Gasteiger partial charge is 0.474 e. The Morgan fingerprint density at radius 3 is 2.81 bits per heavy atom. The Balaban J connectivity index is 1.93. The van der Waals surface area contributed by atoms with E-state index in [4.69, 9.17) is 9.84 Å². The average molecular weight is 219 g/mol. The maximum absolute atomic E-state index is 10.8. The molecule has 0 saturated carbocycles. The smallest absolute Gasteiger partial charge is 0.414 e. The fourth-order valence-corrected chi connectivity index (χ4v) is 1.60. The second kappa shape index (κ2) is 4.70. The molecular formula is C12H13NO3. The van der Waals surface area contributed by atoms with Gasteiger partial charge < -0.3 is 9.84 Å². The van der Waals surface area contributed by atoms with Gasteiger partial charge in [0.1, 0.15) is 6.61 Å². The van der Waals surface area contributed by atoms with Crippen LogP contribution in [0, 0.1) is 0 Å². The summed E-state index contributed by atoms with van der Waals surface area (Å²) in [6, 6.07) is 9.68. The van der Waals surface area contributed by atoms with Gasteiger partial charge in [0.15, 0.2) is 5.88 Å². The van der Waals surface area contributed by atoms with Crippen LogP contribution in [0.4, 0.5) is 4.79 Å². The van der Waals surface area contributed by atoms with Gasteiger partial charge in [-0.15, -0.1) is 0 Å². The first-order valence-corrected chi connectivity index (χ1v) is 5.15. The molecule has 1 heterocycles. The summed E-state index contributed by atoms with van der Waals surface area (Å²) in [5, 5.41) is 8.89. The molecule has 0 saturated heterocycles. The Morgan fingerprint density at radius 2 is 2.12 bits per heavy atom. The number of benzene rings is 1. The molecule has 0 aromatic heterocycles. The minimum atomic E-state index is -0.961. The quantitative estimate of drug-likeness (QED) is 0.849. The summed E-state index contributed by atoms with van der Waals surface area (Å²) >= 11 is 0. The van der Waals surface area contributed by atoms with Gasteiger partial charge in [-0.25, -0.2) is 9.69 Å². The Morgan fingerprint density at radius 1 is 1.38 bits per heavy atom. The van der Waals surface area contributed by atoms with Crippen LogP contribution in [-0.2, 0) is 11.3 Å². The predicted molar refractivity (Wildman–Crippen MR) is 58.7 cm³/mol. The molecule has 1 aliphatic rings. The highest BCUT2D eigenvalue weighted by Crippen LogP contribution is 2.17. The first-order chi connectivity index (χ1) is 7.77. The van der Waals surface area contributed by atoms with E-state index in [9.17, 15) is 4.79 Å². The molecule has 1 aliphatic heterocycles. The van der Waals surface area contributed by atoms with Crippen molar-refractivity contribution in [1.29, 1.82) is 0 Å². The molecule has 1 amide bonds. The van der Waals surface area contributed by atoms with Gasteiger partial charge in [0.05, 0.1) is 0 Å². The van der Waals surface area contributed by atoms with Crippen LogP contribution >= 0.6 is 0 Å². The summed E-state index contributed by atoms with van der Waals surface area (Å²) in [5.74, 6) is 0.441. The highest BCUT2D eigenvalue weighted by Gasteiger charge is 2.22. The zero-order valence-corrected chi connectivity index (χ0v) is 8.80. The molecule has 0 unspecified atom stereocenters. The van der Waals surface area contributed by atoms with Crippen LogP contribution in [0.15, 0.2) is 42.3 Å².